The van der Waals surface area contributed by atoms with E-state index in [0.29, 0.717) is 11.4 Å². The Kier molecular flexibility index (Phi) is 5.19. The third-order valence-electron chi connectivity index (χ3n) is 2.74. The maximum absolute atomic E-state index is 13.2. The fourth-order valence-corrected chi connectivity index (χ4v) is 2.07. The minimum atomic E-state index is -0.367. The average molecular weight is 246 g/mol. The Balaban J connectivity index is 3.00. The normalized spacial score (nSPS) is 14.8. The van der Waals surface area contributed by atoms with Gasteiger partial charge in [0.15, 0.2) is 0 Å². The summed E-state index contributed by atoms with van der Waals surface area (Å²) in [4.78, 5) is 0. The lowest BCUT2D eigenvalue weighted by Gasteiger charge is -2.22. The first-order valence-electron chi connectivity index (χ1n) is 5.41. The van der Waals surface area contributed by atoms with Crippen LogP contribution in [0.3, 0.4) is 0 Å². The molecular weight excluding hydrogens is 229 g/mol. The molecule has 1 aromatic rings. The summed E-state index contributed by atoms with van der Waals surface area (Å²) in [5.41, 5.74) is 6.72. The number of rotatable bonds is 5. The van der Waals surface area contributed by atoms with Crippen LogP contribution in [0.2, 0.25) is 5.02 Å². The molecule has 1 aromatic carbocycles. The van der Waals surface area contributed by atoms with Crippen molar-refractivity contribution in [2.75, 3.05) is 6.61 Å². The predicted octanol–water partition coefficient (Wildman–Crippen LogP) is 2.68. The highest BCUT2D eigenvalue weighted by Gasteiger charge is 2.19. The van der Waals surface area contributed by atoms with Crippen LogP contribution in [0.1, 0.15) is 31.2 Å². The monoisotopic (exact) mass is 245 g/mol. The van der Waals surface area contributed by atoms with Crippen molar-refractivity contribution in [1.82, 2.24) is 0 Å². The van der Waals surface area contributed by atoms with E-state index in [4.69, 9.17) is 22.4 Å². The number of hydrogen-bond donors (Lipinski definition) is 2. The third-order valence-corrected chi connectivity index (χ3v) is 2.96. The van der Waals surface area contributed by atoms with Crippen LogP contribution < -0.4 is 5.73 Å². The summed E-state index contributed by atoms with van der Waals surface area (Å²) < 4.78 is 13.2. The molecule has 0 heterocycles. The number of aliphatic hydroxyl groups is 1. The van der Waals surface area contributed by atoms with E-state index in [1.54, 1.807) is 6.07 Å². The lowest BCUT2D eigenvalue weighted by atomic mass is 9.88. The topological polar surface area (TPSA) is 46.2 Å². The Morgan fingerprint density at radius 2 is 2.12 bits per heavy atom. The quantitative estimate of drug-likeness (QED) is 0.838. The van der Waals surface area contributed by atoms with E-state index in [-0.39, 0.29) is 24.4 Å². The van der Waals surface area contributed by atoms with Gasteiger partial charge in [0, 0.05) is 23.6 Å². The van der Waals surface area contributed by atoms with Gasteiger partial charge >= 0.3 is 0 Å². The minimum Gasteiger partial charge on any atom is -0.396 e. The first-order valence-corrected chi connectivity index (χ1v) is 5.78. The molecule has 0 aliphatic heterocycles. The van der Waals surface area contributed by atoms with Crippen molar-refractivity contribution in [1.29, 1.82) is 0 Å². The molecule has 90 valence electrons. The van der Waals surface area contributed by atoms with Gasteiger partial charge in [0.25, 0.3) is 0 Å². The van der Waals surface area contributed by atoms with Gasteiger partial charge in [0.1, 0.15) is 5.82 Å². The summed E-state index contributed by atoms with van der Waals surface area (Å²) in [6, 6.07) is 4.31. The van der Waals surface area contributed by atoms with E-state index < -0.39 is 0 Å². The highest BCUT2D eigenvalue weighted by molar-refractivity contribution is 6.30. The zero-order valence-corrected chi connectivity index (χ0v) is 10.0. The summed E-state index contributed by atoms with van der Waals surface area (Å²) in [5, 5.41) is 9.36. The van der Waals surface area contributed by atoms with Crippen LogP contribution in [0.25, 0.3) is 0 Å². The van der Waals surface area contributed by atoms with Crippen LogP contribution in [0.5, 0.6) is 0 Å². The fraction of sp³-hybridized carbons (Fsp3) is 0.500. The zero-order valence-electron chi connectivity index (χ0n) is 9.29. The van der Waals surface area contributed by atoms with Gasteiger partial charge in [-0.15, -0.1) is 0 Å². The summed E-state index contributed by atoms with van der Waals surface area (Å²) >= 11 is 5.80. The minimum absolute atomic E-state index is 0.0342. The van der Waals surface area contributed by atoms with Gasteiger partial charge in [-0.05, 0) is 36.6 Å². The third kappa shape index (κ3) is 3.44. The molecule has 2 nitrogen and oxygen atoms in total. The molecule has 0 saturated carbocycles. The van der Waals surface area contributed by atoms with Crippen molar-refractivity contribution in [2.45, 2.75) is 31.7 Å². The van der Waals surface area contributed by atoms with Gasteiger partial charge in [0.05, 0.1) is 0 Å². The molecule has 0 aromatic heterocycles. The van der Waals surface area contributed by atoms with E-state index in [1.807, 2.05) is 6.92 Å². The van der Waals surface area contributed by atoms with Crippen molar-refractivity contribution < 1.29 is 9.50 Å². The number of aliphatic hydroxyl groups excluding tert-OH is 1. The van der Waals surface area contributed by atoms with Crippen LogP contribution in [-0.2, 0) is 0 Å². The standard InChI is InChI=1S/C12H17ClFNO/c1-2-12(15)11(3-4-16)8-5-9(13)7-10(14)6-8/h5-7,11-12,16H,2-4,15H2,1H3. The number of nitrogens with two attached hydrogens (primary N) is 1. The molecule has 0 aliphatic rings. The van der Waals surface area contributed by atoms with Gasteiger partial charge in [0.2, 0.25) is 0 Å². The first-order chi connectivity index (χ1) is 7.58. The molecule has 0 radical (unpaired) electrons. The van der Waals surface area contributed by atoms with Crippen molar-refractivity contribution in [2.24, 2.45) is 5.73 Å². The Morgan fingerprint density at radius 1 is 1.44 bits per heavy atom. The van der Waals surface area contributed by atoms with E-state index in [2.05, 4.69) is 0 Å². The molecule has 0 saturated heterocycles. The molecule has 0 aliphatic carbocycles. The molecule has 1 rings (SSSR count). The lowest BCUT2D eigenvalue weighted by molar-refractivity contribution is 0.266. The van der Waals surface area contributed by atoms with Crippen LogP contribution in [-0.4, -0.2) is 17.8 Å². The zero-order chi connectivity index (χ0) is 12.1. The van der Waals surface area contributed by atoms with Crippen molar-refractivity contribution >= 4 is 11.6 Å². The first kappa shape index (κ1) is 13.4. The molecule has 0 amide bonds. The Labute approximate surface area is 100 Å². The highest BCUT2D eigenvalue weighted by Crippen LogP contribution is 2.27. The number of benzene rings is 1. The average Bonchev–Trinajstić information content (AvgIpc) is 2.23. The van der Waals surface area contributed by atoms with Crippen LogP contribution in [0, 0.1) is 5.82 Å². The predicted molar refractivity (Wildman–Crippen MR) is 64.1 cm³/mol. The van der Waals surface area contributed by atoms with Crippen LogP contribution >= 0.6 is 11.6 Å². The summed E-state index contributed by atoms with van der Waals surface area (Å²) in [7, 11) is 0. The molecule has 4 heteroatoms. The molecule has 0 spiro atoms. The Bertz CT molecular complexity index is 326. The number of halogens is 2. The second-order valence-electron chi connectivity index (χ2n) is 3.89. The maximum atomic E-state index is 13.2. The van der Waals surface area contributed by atoms with Crippen LogP contribution in [0.4, 0.5) is 4.39 Å². The molecular formula is C12H17ClFNO. The number of hydrogen-bond acceptors (Lipinski definition) is 2. The van der Waals surface area contributed by atoms with Gasteiger partial charge in [-0.25, -0.2) is 4.39 Å². The lowest BCUT2D eigenvalue weighted by Crippen LogP contribution is -2.28. The molecule has 0 bridgehead atoms. The molecule has 3 N–H and O–H groups in total. The van der Waals surface area contributed by atoms with Gasteiger partial charge < -0.3 is 10.8 Å². The van der Waals surface area contributed by atoms with E-state index in [9.17, 15) is 4.39 Å². The maximum Gasteiger partial charge on any atom is 0.124 e. The van der Waals surface area contributed by atoms with Gasteiger partial charge in [-0.2, -0.15) is 0 Å². The van der Waals surface area contributed by atoms with Crippen molar-refractivity contribution in [3.8, 4) is 0 Å². The molecule has 16 heavy (non-hydrogen) atoms. The smallest absolute Gasteiger partial charge is 0.124 e. The van der Waals surface area contributed by atoms with E-state index in [0.717, 1.165) is 12.0 Å². The Hall–Kier alpha value is -0.640. The Morgan fingerprint density at radius 3 is 2.62 bits per heavy atom. The molecule has 2 unspecified atom stereocenters. The highest BCUT2D eigenvalue weighted by atomic mass is 35.5. The second-order valence-corrected chi connectivity index (χ2v) is 4.33. The van der Waals surface area contributed by atoms with E-state index in [1.165, 1.54) is 12.1 Å². The van der Waals surface area contributed by atoms with Crippen LogP contribution in [0.15, 0.2) is 18.2 Å². The largest absolute Gasteiger partial charge is 0.396 e. The SMILES string of the molecule is CCC(N)C(CCO)c1cc(F)cc(Cl)c1. The van der Waals surface area contributed by atoms with Crippen molar-refractivity contribution in [3.05, 3.63) is 34.6 Å². The molecule has 0 fully saturated rings. The summed E-state index contributed by atoms with van der Waals surface area (Å²) in [6.07, 6.45) is 1.30. The second kappa shape index (κ2) is 6.18. The van der Waals surface area contributed by atoms with Crippen molar-refractivity contribution in [3.63, 3.8) is 0 Å². The molecule has 2 atom stereocenters. The van der Waals surface area contributed by atoms with E-state index >= 15 is 0 Å². The summed E-state index contributed by atoms with van der Waals surface area (Å²) in [6.45, 7) is 2.00. The van der Waals surface area contributed by atoms with Gasteiger partial charge in [-0.3, -0.25) is 0 Å². The fourth-order valence-electron chi connectivity index (χ4n) is 1.84. The summed E-state index contributed by atoms with van der Waals surface area (Å²) in [5.74, 6) is -0.419. The van der Waals surface area contributed by atoms with Gasteiger partial charge in [-0.1, -0.05) is 18.5 Å².